The van der Waals surface area contributed by atoms with Crippen LogP contribution in [0.2, 0.25) is 0 Å². The van der Waals surface area contributed by atoms with Gasteiger partial charge in [-0.05, 0) is 25.2 Å². The molecule has 57 heavy (non-hydrogen) atoms. The van der Waals surface area contributed by atoms with Crippen LogP contribution < -0.4 is 0 Å². The van der Waals surface area contributed by atoms with E-state index in [0.29, 0.717) is 19.3 Å². The van der Waals surface area contributed by atoms with E-state index in [9.17, 15) is 14.4 Å². The molecule has 0 aliphatic rings. The van der Waals surface area contributed by atoms with E-state index in [0.717, 1.165) is 63.7 Å². The lowest BCUT2D eigenvalue weighted by Crippen LogP contribution is -2.30. The Bertz CT molecular complexity index is 859. The zero-order valence-corrected chi connectivity index (χ0v) is 38.8. The van der Waals surface area contributed by atoms with Gasteiger partial charge in [-0.3, -0.25) is 14.4 Å². The van der Waals surface area contributed by atoms with Gasteiger partial charge in [0.1, 0.15) is 13.2 Å². The van der Waals surface area contributed by atoms with Crippen molar-refractivity contribution in [2.75, 3.05) is 13.2 Å². The van der Waals surface area contributed by atoms with Crippen molar-refractivity contribution in [3.63, 3.8) is 0 Å². The van der Waals surface area contributed by atoms with Crippen LogP contribution in [0.15, 0.2) is 0 Å². The van der Waals surface area contributed by atoms with Gasteiger partial charge in [-0.2, -0.15) is 0 Å². The molecular weight excluding hydrogens is 709 g/mol. The molecule has 6 nitrogen and oxygen atoms in total. The Labute approximate surface area is 355 Å². The lowest BCUT2D eigenvalue weighted by atomic mass is 10.00. The number of rotatable bonds is 46. The topological polar surface area (TPSA) is 78.9 Å². The highest BCUT2D eigenvalue weighted by Crippen LogP contribution is 2.17. The van der Waals surface area contributed by atoms with E-state index in [1.807, 2.05) is 0 Å². The van der Waals surface area contributed by atoms with E-state index < -0.39 is 6.10 Å². The van der Waals surface area contributed by atoms with Crippen LogP contribution in [0.25, 0.3) is 0 Å². The molecule has 0 saturated heterocycles. The lowest BCUT2D eigenvalue weighted by molar-refractivity contribution is -0.167. The number of hydrogen-bond donors (Lipinski definition) is 0. The van der Waals surface area contributed by atoms with Crippen LogP contribution in [0.1, 0.15) is 285 Å². The third kappa shape index (κ3) is 43.8. The maximum Gasteiger partial charge on any atom is 0.306 e. The molecule has 0 aliphatic heterocycles. The van der Waals surface area contributed by atoms with E-state index >= 15 is 0 Å². The molecule has 0 saturated carbocycles. The first-order valence-electron chi connectivity index (χ1n) is 25.4. The molecule has 0 aliphatic carbocycles. The Morgan fingerprint density at radius 2 is 0.614 bits per heavy atom. The molecule has 6 heteroatoms. The van der Waals surface area contributed by atoms with Crippen molar-refractivity contribution in [3.05, 3.63) is 0 Å². The molecule has 0 heterocycles. The van der Waals surface area contributed by atoms with Gasteiger partial charge in [0, 0.05) is 19.3 Å². The molecule has 0 radical (unpaired) electrons. The molecule has 0 amide bonds. The van der Waals surface area contributed by atoms with Gasteiger partial charge < -0.3 is 14.2 Å². The standard InChI is InChI=1S/C51H98O6/c1-5-8-10-12-14-16-18-19-20-21-22-23-24-26-28-30-35-39-43-50(53)56-46-48(57-51(54)44-40-36-32-31-33-37-41-47(4)7-3)45-55-49(52)42-38-34-29-27-25-17-15-13-11-9-6-2/h47-48H,5-46H2,1-4H3/t47?,48-/m0/s1. The summed E-state index contributed by atoms with van der Waals surface area (Å²) >= 11 is 0. The molecule has 2 atom stereocenters. The summed E-state index contributed by atoms with van der Waals surface area (Å²) in [4.78, 5) is 37.8. The average Bonchev–Trinajstić information content (AvgIpc) is 3.21. The summed E-state index contributed by atoms with van der Waals surface area (Å²) in [6.07, 6.45) is 46.6. The molecule has 0 aromatic carbocycles. The molecule has 0 fully saturated rings. The first kappa shape index (κ1) is 55.4. The lowest BCUT2D eigenvalue weighted by Gasteiger charge is -2.18. The van der Waals surface area contributed by atoms with Gasteiger partial charge >= 0.3 is 17.9 Å². The van der Waals surface area contributed by atoms with Crippen LogP contribution in [0.3, 0.4) is 0 Å². The number of carbonyl (C=O) groups is 3. The van der Waals surface area contributed by atoms with Gasteiger partial charge in [0.25, 0.3) is 0 Å². The summed E-state index contributed by atoms with van der Waals surface area (Å²) in [5.41, 5.74) is 0. The van der Waals surface area contributed by atoms with E-state index in [4.69, 9.17) is 14.2 Å². The number of ether oxygens (including phenoxy) is 3. The molecular formula is C51H98O6. The van der Waals surface area contributed by atoms with Crippen molar-refractivity contribution < 1.29 is 28.6 Å². The number of esters is 3. The maximum atomic E-state index is 12.7. The summed E-state index contributed by atoms with van der Waals surface area (Å²) < 4.78 is 16.8. The van der Waals surface area contributed by atoms with Crippen LogP contribution in [0, 0.1) is 5.92 Å². The summed E-state index contributed by atoms with van der Waals surface area (Å²) in [5, 5.41) is 0. The third-order valence-electron chi connectivity index (χ3n) is 11.9. The van der Waals surface area contributed by atoms with Gasteiger partial charge in [0.2, 0.25) is 0 Å². The molecule has 338 valence electrons. The average molecular weight is 807 g/mol. The zero-order valence-electron chi connectivity index (χ0n) is 38.8. The Kier molecular flexibility index (Phi) is 44.2. The van der Waals surface area contributed by atoms with Crippen LogP contribution in [-0.2, 0) is 28.6 Å². The van der Waals surface area contributed by atoms with E-state index in [1.54, 1.807) is 0 Å². The SMILES string of the molecule is CCCCCCCCCCCCCCCCCCCCC(=O)OC[C@H](COC(=O)CCCCCCCCCCCCC)OC(=O)CCCCCCCCC(C)CC. The van der Waals surface area contributed by atoms with Crippen LogP contribution >= 0.6 is 0 Å². The van der Waals surface area contributed by atoms with E-state index in [2.05, 4.69) is 27.7 Å². The van der Waals surface area contributed by atoms with Crippen LogP contribution in [0.5, 0.6) is 0 Å². The van der Waals surface area contributed by atoms with Gasteiger partial charge in [-0.15, -0.1) is 0 Å². The third-order valence-corrected chi connectivity index (χ3v) is 11.9. The normalized spacial score (nSPS) is 12.4. The Balaban J connectivity index is 4.24. The second-order valence-electron chi connectivity index (χ2n) is 17.7. The van der Waals surface area contributed by atoms with Crippen LogP contribution in [-0.4, -0.2) is 37.2 Å². The smallest absolute Gasteiger partial charge is 0.306 e. The molecule has 0 spiro atoms. The predicted octanol–water partition coefficient (Wildman–Crippen LogP) is 16.3. The summed E-state index contributed by atoms with van der Waals surface area (Å²) in [6.45, 7) is 8.99. The van der Waals surface area contributed by atoms with Gasteiger partial charge in [-0.1, -0.05) is 246 Å². The fourth-order valence-corrected chi connectivity index (χ4v) is 7.66. The number of unbranched alkanes of at least 4 members (excludes halogenated alkanes) is 32. The van der Waals surface area contributed by atoms with Crippen molar-refractivity contribution in [2.45, 2.75) is 291 Å². The minimum absolute atomic E-state index is 0.0640. The monoisotopic (exact) mass is 807 g/mol. The first-order valence-corrected chi connectivity index (χ1v) is 25.4. The van der Waals surface area contributed by atoms with Crippen molar-refractivity contribution in [1.82, 2.24) is 0 Å². The molecule has 0 aromatic heterocycles. The number of carbonyl (C=O) groups excluding carboxylic acids is 3. The second-order valence-corrected chi connectivity index (χ2v) is 17.7. The maximum absolute atomic E-state index is 12.7. The van der Waals surface area contributed by atoms with Crippen LogP contribution in [0.4, 0.5) is 0 Å². The summed E-state index contributed by atoms with van der Waals surface area (Å²) in [6, 6.07) is 0. The fourth-order valence-electron chi connectivity index (χ4n) is 7.66. The first-order chi connectivity index (χ1) is 27.9. The van der Waals surface area contributed by atoms with Gasteiger partial charge in [-0.25, -0.2) is 0 Å². The van der Waals surface area contributed by atoms with Crippen molar-refractivity contribution in [1.29, 1.82) is 0 Å². The summed E-state index contributed by atoms with van der Waals surface area (Å²) in [7, 11) is 0. The quantitative estimate of drug-likeness (QED) is 0.0346. The second kappa shape index (κ2) is 45.5. The van der Waals surface area contributed by atoms with Crippen molar-refractivity contribution >= 4 is 17.9 Å². The predicted molar refractivity (Wildman–Crippen MR) is 243 cm³/mol. The summed E-state index contributed by atoms with van der Waals surface area (Å²) in [5.74, 6) is -0.0411. The van der Waals surface area contributed by atoms with Gasteiger partial charge in [0.05, 0.1) is 0 Å². The van der Waals surface area contributed by atoms with Gasteiger partial charge in [0.15, 0.2) is 6.10 Å². The van der Waals surface area contributed by atoms with E-state index in [-0.39, 0.29) is 31.1 Å². The molecule has 0 rings (SSSR count). The Hall–Kier alpha value is -1.59. The minimum atomic E-state index is -0.761. The van der Waals surface area contributed by atoms with E-state index in [1.165, 1.54) is 180 Å². The minimum Gasteiger partial charge on any atom is -0.462 e. The zero-order chi connectivity index (χ0) is 41.7. The highest BCUT2D eigenvalue weighted by Gasteiger charge is 2.19. The largest absolute Gasteiger partial charge is 0.462 e. The molecule has 0 aromatic rings. The molecule has 0 N–H and O–H groups in total. The fraction of sp³-hybridized carbons (Fsp3) is 0.941. The van der Waals surface area contributed by atoms with Crippen molar-refractivity contribution in [2.24, 2.45) is 5.92 Å². The highest BCUT2D eigenvalue weighted by atomic mass is 16.6. The molecule has 0 bridgehead atoms. The number of hydrogen-bond acceptors (Lipinski definition) is 6. The Morgan fingerprint density at radius 3 is 0.912 bits per heavy atom. The highest BCUT2D eigenvalue weighted by molar-refractivity contribution is 5.71. The van der Waals surface area contributed by atoms with Crippen molar-refractivity contribution in [3.8, 4) is 0 Å². The Morgan fingerprint density at radius 1 is 0.351 bits per heavy atom. The molecule has 1 unspecified atom stereocenters.